The summed E-state index contributed by atoms with van der Waals surface area (Å²) >= 11 is 0. The van der Waals surface area contributed by atoms with Crippen molar-refractivity contribution >= 4 is 18.0 Å². The molecule has 0 radical (unpaired) electrons. The van der Waals surface area contributed by atoms with Crippen LogP contribution in [0.2, 0.25) is 0 Å². The molecule has 2 aliphatic carbocycles. The Hall–Kier alpha value is -3.39. The number of carbonyl (C=O) groups excluding carboxylic acids is 2. The SMILES string of the molecule is O=C(NC1(C(=O)NCCC(O)C(=O)O)CCCC1)OCC1c2ccccc2-c2ccccc21. The normalized spacial score (nSPS) is 17.0. The number of carbonyl (C=O) groups is 3. The Morgan fingerprint density at radius 1 is 1.00 bits per heavy atom. The van der Waals surface area contributed by atoms with Crippen molar-refractivity contribution in [3.05, 3.63) is 59.7 Å². The van der Waals surface area contributed by atoms with E-state index in [-0.39, 0.29) is 31.4 Å². The molecule has 1 unspecified atom stereocenters. The third-order valence-electron chi connectivity index (χ3n) is 6.57. The van der Waals surface area contributed by atoms with Crippen molar-refractivity contribution < 1.29 is 29.3 Å². The van der Waals surface area contributed by atoms with E-state index in [4.69, 9.17) is 9.84 Å². The second-order valence-corrected chi connectivity index (χ2v) is 8.64. The number of fused-ring (bicyclic) bond motifs is 3. The quantitative estimate of drug-likeness (QED) is 0.488. The number of hydrogen-bond donors (Lipinski definition) is 4. The number of amides is 2. The topological polar surface area (TPSA) is 125 Å². The van der Waals surface area contributed by atoms with Crippen LogP contribution < -0.4 is 10.6 Å². The number of carboxylic acid groups (broad SMARTS) is 1. The molecule has 2 amide bonds. The van der Waals surface area contributed by atoms with Crippen molar-refractivity contribution in [1.29, 1.82) is 0 Å². The summed E-state index contributed by atoms with van der Waals surface area (Å²) in [4.78, 5) is 36.3. The number of nitrogens with one attached hydrogen (secondary N) is 2. The van der Waals surface area contributed by atoms with Crippen LogP contribution in [-0.4, -0.2) is 53.0 Å². The molecular weight excluding hydrogens is 424 g/mol. The number of rotatable bonds is 8. The summed E-state index contributed by atoms with van der Waals surface area (Å²) in [5.74, 6) is -1.79. The summed E-state index contributed by atoms with van der Waals surface area (Å²) in [7, 11) is 0. The average molecular weight is 453 g/mol. The summed E-state index contributed by atoms with van der Waals surface area (Å²) in [6.07, 6.45) is 0.222. The largest absolute Gasteiger partial charge is 0.479 e. The Kier molecular flexibility index (Phi) is 6.65. The molecule has 0 saturated heterocycles. The van der Waals surface area contributed by atoms with Crippen LogP contribution in [0.15, 0.2) is 48.5 Å². The van der Waals surface area contributed by atoms with E-state index in [0.29, 0.717) is 12.8 Å². The summed E-state index contributed by atoms with van der Waals surface area (Å²) in [5.41, 5.74) is 3.40. The lowest BCUT2D eigenvalue weighted by Gasteiger charge is -2.29. The van der Waals surface area contributed by atoms with Gasteiger partial charge in [0, 0.05) is 18.9 Å². The Labute approximate surface area is 192 Å². The molecule has 4 N–H and O–H groups in total. The molecule has 33 heavy (non-hydrogen) atoms. The van der Waals surface area contributed by atoms with Crippen molar-refractivity contribution in [3.8, 4) is 11.1 Å². The predicted octanol–water partition coefficient (Wildman–Crippen LogP) is 2.79. The molecule has 0 aliphatic heterocycles. The fourth-order valence-electron chi connectivity index (χ4n) is 4.83. The highest BCUT2D eigenvalue weighted by Gasteiger charge is 2.43. The molecule has 1 saturated carbocycles. The van der Waals surface area contributed by atoms with E-state index in [1.165, 1.54) is 0 Å². The lowest BCUT2D eigenvalue weighted by molar-refractivity contribution is -0.147. The van der Waals surface area contributed by atoms with Gasteiger partial charge in [-0.2, -0.15) is 0 Å². The van der Waals surface area contributed by atoms with Crippen LogP contribution in [0.1, 0.15) is 49.1 Å². The van der Waals surface area contributed by atoms with Gasteiger partial charge in [-0.15, -0.1) is 0 Å². The third-order valence-corrected chi connectivity index (χ3v) is 6.57. The second kappa shape index (κ2) is 9.62. The lowest BCUT2D eigenvalue weighted by Crippen LogP contribution is -2.57. The van der Waals surface area contributed by atoms with Gasteiger partial charge >= 0.3 is 12.1 Å². The molecule has 2 aromatic rings. The number of carboxylic acids is 1. The third kappa shape index (κ3) is 4.71. The van der Waals surface area contributed by atoms with Gasteiger partial charge in [-0.3, -0.25) is 4.79 Å². The summed E-state index contributed by atoms with van der Waals surface area (Å²) in [5, 5.41) is 23.6. The van der Waals surface area contributed by atoms with E-state index in [9.17, 15) is 19.5 Å². The van der Waals surface area contributed by atoms with Gasteiger partial charge in [0.15, 0.2) is 6.10 Å². The zero-order chi connectivity index (χ0) is 23.4. The van der Waals surface area contributed by atoms with Gasteiger partial charge in [0.1, 0.15) is 12.1 Å². The number of hydrogen-bond acceptors (Lipinski definition) is 5. The monoisotopic (exact) mass is 452 g/mol. The molecule has 0 bridgehead atoms. The van der Waals surface area contributed by atoms with Crippen LogP contribution in [0, 0.1) is 0 Å². The molecule has 4 rings (SSSR count). The van der Waals surface area contributed by atoms with E-state index in [2.05, 4.69) is 22.8 Å². The number of aliphatic carboxylic acids is 1. The van der Waals surface area contributed by atoms with Gasteiger partial charge in [-0.1, -0.05) is 61.4 Å². The molecule has 0 aromatic heterocycles. The minimum atomic E-state index is -1.54. The van der Waals surface area contributed by atoms with Crippen LogP contribution in [-0.2, 0) is 14.3 Å². The van der Waals surface area contributed by atoms with Gasteiger partial charge in [0.2, 0.25) is 5.91 Å². The van der Waals surface area contributed by atoms with Gasteiger partial charge in [0.05, 0.1) is 0 Å². The molecule has 0 spiro atoms. The molecular formula is C25H28N2O6. The smallest absolute Gasteiger partial charge is 0.408 e. The first-order valence-electron chi connectivity index (χ1n) is 11.2. The van der Waals surface area contributed by atoms with Crippen LogP contribution in [0.4, 0.5) is 4.79 Å². The van der Waals surface area contributed by atoms with Crippen LogP contribution in [0.25, 0.3) is 11.1 Å². The van der Waals surface area contributed by atoms with Crippen molar-refractivity contribution in [1.82, 2.24) is 10.6 Å². The first kappa shape index (κ1) is 22.8. The van der Waals surface area contributed by atoms with Crippen molar-refractivity contribution in [2.24, 2.45) is 0 Å². The van der Waals surface area contributed by atoms with Gasteiger partial charge < -0.3 is 25.6 Å². The highest BCUT2D eigenvalue weighted by molar-refractivity contribution is 5.90. The molecule has 8 nitrogen and oxygen atoms in total. The van der Waals surface area contributed by atoms with Gasteiger partial charge in [-0.05, 0) is 35.1 Å². The molecule has 2 aliphatic rings. The average Bonchev–Trinajstić information content (AvgIpc) is 3.41. The standard InChI is InChI=1S/C25H28N2O6/c28-21(22(29)30)11-14-26-23(31)25(12-5-6-13-25)27-24(32)33-15-20-18-9-3-1-7-16(18)17-8-2-4-10-19(17)20/h1-4,7-10,20-21,28H,5-6,11-15H2,(H,26,31)(H,27,32)(H,29,30). The van der Waals surface area contributed by atoms with Crippen molar-refractivity contribution in [2.45, 2.75) is 49.7 Å². The Bertz CT molecular complexity index is 1000. The van der Waals surface area contributed by atoms with E-state index in [1.54, 1.807) is 0 Å². The maximum absolute atomic E-state index is 12.8. The van der Waals surface area contributed by atoms with Crippen molar-refractivity contribution in [3.63, 3.8) is 0 Å². The second-order valence-electron chi connectivity index (χ2n) is 8.64. The van der Waals surface area contributed by atoms with Crippen LogP contribution in [0.5, 0.6) is 0 Å². The number of benzene rings is 2. The molecule has 0 heterocycles. The minimum Gasteiger partial charge on any atom is -0.479 e. The highest BCUT2D eigenvalue weighted by Crippen LogP contribution is 2.44. The predicted molar refractivity (Wildman–Crippen MR) is 121 cm³/mol. The molecule has 174 valence electrons. The van der Waals surface area contributed by atoms with Gasteiger partial charge in [-0.25, -0.2) is 9.59 Å². The Balaban J connectivity index is 1.38. The summed E-state index contributed by atoms with van der Waals surface area (Å²) < 4.78 is 5.60. The summed E-state index contributed by atoms with van der Waals surface area (Å²) in [6, 6.07) is 16.1. The maximum Gasteiger partial charge on any atom is 0.408 e. The first-order chi connectivity index (χ1) is 15.9. The van der Waals surface area contributed by atoms with Crippen LogP contribution >= 0.6 is 0 Å². The molecule has 2 aromatic carbocycles. The number of ether oxygens (including phenoxy) is 1. The fourth-order valence-corrected chi connectivity index (χ4v) is 4.83. The maximum atomic E-state index is 12.8. The molecule has 1 fully saturated rings. The lowest BCUT2D eigenvalue weighted by atomic mass is 9.96. The van der Waals surface area contributed by atoms with E-state index >= 15 is 0 Å². The minimum absolute atomic E-state index is 0.000416. The van der Waals surface area contributed by atoms with Crippen LogP contribution in [0.3, 0.4) is 0 Å². The number of aliphatic hydroxyl groups is 1. The number of aliphatic hydroxyl groups excluding tert-OH is 1. The number of alkyl carbamates (subject to hydrolysis) is 1. The summed E-state index contributed by atoms with van der Waals surface area (Å²) in [6.45, 7) is 0.156. The van der Waals surface area contributed by atoms with E-state index in [0.717, 1.165) is 35.1 Å². The van der Waals surface area contributed by atoms with Crippen molar-refractivity contribution in [2.75, 3.05) is 13.2 Å². The Morgan fingerprint density at radius 3 is 2.15 bits per heavy atom. The van der Waals surface area contributed by atoms with E-state index < -0.39 is 23.7 Å². The zero-order valence-electron chi connectivity index (χ0n) is 18.3. The fraction of sp³-hybridized carbons (Fsp3) is 0.400. The Morgan fingerprint density at radius 2 is 1.58 bits per heavy atom. The molecule has 8 heteroatoms. The van der Waals surface area contributed by atoms with Gasteiger partial charge in [0.25, 0.3) is 0 Å². The highest BCUT2D eigenvalue weighted by atomic mass is 16.5. The molecule has 1 atom stereocenters. The first-order valence-corrected chi connectivity index (χ1v) is 11.2. The van der Waals surface area contributed by atoms with E-state index in [1.807, 2.05) is 36.4 Å². The zero-order valence-corrected chi connectivity index (χ0v) is 18.3.